The fourth-order valence-corrected chi connectivity index (χ4v) is 1.56. The number of halogens is 1. The van der Waals surface area contributed by atoms with Gasteiger partial charge in [-0.25, -0.2) is 4.79 Å². The molecule has 0 aliphatic heterocycles. The number of carbonyl (C=O) groups is 1. The Morgan fingerprint density at radius 1 is 1.50 bits per heavy atom. The van der Waals surface area contributed by atoms with Crippen molar-refractivity contribution in [3.8, 4) is 0 Å². The largest absolute Gasteiger partial charge is 0.465 e. The zero-order valence-corrected chi connectivity index (χ0v) is 10.3. The van der Waals surface area contributed by atoms with Gasteiger partial charge in [-0.05, 0) is 30.5 Å². The van der Waals surface area contributed by atoms with Crippen molar-refractivity contribution in [1.82, 2.24) is 0 Å². The van der Waals surface area contributed by atoms with Crippen LogP contribution in [0.1, 0.15) is 27.9 Å². The molecule has 0 fully saturated rings. The van der Waals surface area contributed by atoms with Gasteiger partial charge in [0, 0.05) is 5.88 Å². The van der Waals surface area contributed by atoms with Crippen LogP contribution in [0.3, 0.4) is 0 Å². The normalized spacial score (nSPS) is 10.7. The van der Waals surface area contributed by atoms with Crippen molar-refractivity contribution in [2.24, 2.45) is 0 Å². The monoisotopic (exact) mass is 238 g/mol. The second-order valence-electron chi connectivity index (χ2n) is 3.39. The van der Waals surface area contributed by atoms with Crippen LogP contribution in [-0.4, -0.2) is 19.0 Å². The summed E-state index contributed by atoms with van der Waals surface area (Å²) in [5, 5.41) is 0. The lowest BCUT2D eigenvalue weighted by Gasteiger charge is -2.06. The summed E-state index contributed by atoms with van der Waals surface area (Å²) in [7, 11) is 1.39. The van der Waals surface area contributed by atoms with E-state index in [2.05, 4.69) is 0 Å². The standard InChI is InChI=1S/C13H15ClO2/c1-10-11(6-3-4-9-14)7-5-8-12(10)13(15)16-2/h3,5-8H,4,9H2,1-2H3. The molecule has 0 amide bonds. The number of rotatable bonds is 4. The second kappa shape index (κ2) is 6.33. The Kier molecular flexibility index (Phi) is 5.06. The molecular formula is C13H15ClO2. The maximum absolute atomic E-state index is 11.4. The molecular weight excluding hydrogens is 224 g/mol. The first-order chi connectivity index (χ1) is 7.70. The Balaban J connectivity index is 2.99. The number of allylic oxidation sites excluding steroid dienone is 1. The zero-order valence-electron chi connectivity index (χ0n) is 9.50. The fourth-order valence-electron chi connectivity index (χ4n) is 1.44. The molecule has 0 saturated carbocycles. The predicted octanol–water partition coefficient (Wildman–Crippen LogP) is 3.42. The van der Waals surface area contributed by atoms with E-state index in [1.165, 1.54) is 7.11 Å². The summed E-state index contributed by atoms with van der Waals surface area (Å²) in [5.74, 6) is 0.303. The van der Waals surface area contributed by atoms with E-state index in [9.17, 15) is 4.79 Å². The van der Waals surface area contributed by atoms with Crippen LogP contribution in [0.2, 0.25) is 0 Å². The number of benzene rings is 1. The number of carbonyl (C=O) groups excluding carboxylic acids is 1. The van der Waals surface area contributed by atoms with E-state index in [0.29, 0.717) is 11.4 Å². The van der Waals surface area contributed by atoms with Crippen LogP contribution in [0.15, 0.2) is 24.3 Å². The highest BCUT2D eigenvalue weighted by atomic mass is 35.5. The summed E-state index contributed by atoms with van der Waals surface area (Å²) >= 11 is 5.59. The molecule has 0 saturated heterocycles. The summed E-state index contributed by atoms with van der Waals surface area (Å²) in [5.41, 5.74) is 2.56. The van der Waals surface area contributed by atoms with Gasteiger partial charge in [0.15, 0.2) is 0 Å². The second-order valence-corrected chi connectivity index (χ2v) is 3.77. The highest BCUT2D eigenvalue weighted by Crippen LogP contribution is 2.16. The van der Waals surface area contributed by atoms with E-state index >= 15 is 0 Å². The molecule has 0 radical (unpaired) electrons. The molecule has 1 rings (SSSR count). The van der Waals surface area contributed by atoms with Gasteiger partial charge < -0.3 is 4.74 Å². The number of esters is 1. The van der Waals surface area contributed by atoms with E-state index in [4.69, 9.17) is 16.3 Å². The van der Waals surface area contributed by atoms with Gasteiger partial charge >= 0.3 is 5.97 Å². The lowest BCUT2D eigenvalue weighted by atomic mass is 10.0. The van der Waals surface area contributed by atoms with Crippen molar-refractivity contribution in [1.29, 1.82) is 0 Å². The third-order valence-electron chi connectivity index (χ3n) is 2.35. The van der Waals surface area contributed by atoms with Gasteiger partial charge in [-0.1, -0.05) is 24.3 Å². The summed E-state index contributed by atoms with van der Waals surface area (Å²) in [6.45, 7) is 1.91. The average molecular weight is 239 g/mol. The van der Waals surface area contributed by atoms with E-state index in [-0.39, 0.29) is 5.97 Å². The minimum atomic E-state index is -0.301. The third-order valence-corrected chi connectivity index (χ3v) is 2.57. The minimum absolute atomic E-state index is 0.301. The van der Waals surface area contributed by atoms with Crippen LogP contribution < -0.4 is 0 Å². The Morgan fingerprint density at radius 2 is 2.25 bits per heavy atom. The maximum atomic E-state index is 11.4. The quantitative estimate of drug-likeness (QED) is 0.594. The van der Waals surface area contributed by atoms with Gasteiger partial charge in [-0.2, -0.15) is 0 Å². The van der Waals surface area contributed by atoms with Crippen LogP contribution in [0.25, 0.3) is 6.08 Å². The molecule has 0 aromatic heterocycles. The van der Waals surface area contributed by atoms with Crippen molar-refractivity contribution in [2.75, 3.05) is 13.0 Å². The average Bonchev–Trinajstić information content (AvgIpc) is 2.30. The molecule has 16 heavy (non-hydrogen) atoms. The van der Waals surface area contributed by atoms with Gasteiger partial charge in [0.25, 0.3) is 0 Å². The molecule has 0 aliphatic carbocycles. The predicted molar refractivity (Wildman–Crippen MR) is 66.9 cm³/mol. The maximum Gasteiger partial charge on any atom is 0.338 e. The van der Waals surface area contributed by atoms with E-state index < -0.39 is 0 Å². The zero-order chi connectivity index (χ0) is 12.0. The summed E-state index contributed by atoms with van der Waals surface area (Å²) < 4.78 is 4.71. The molecule has 0 bridgehead atoms. The molecule has 2 nitrogen and oxygen atoms in total. The van der Waals surface area contributed by atoms with Crippen molar-refractivity contribution >= 4 is 23.6 Å². The fraction of sp³-hybridized carbons (Fsp3) is 0.308. The van der Waals surface area contributed by atoms with Crippen LogP contribution in [0.4, 0.5) is 0 Å². The minimum Gasteiger partial charge on any atom is -0.465 e. The molecule has 0 unspecified atom stereocenters. The number of hydrogen-bond donors (Lipinski definition) is 0. The first-order valence-corrected chi connectivity index (χ1v) is 5.64. The Bertz CT molecular complexity index is 397. The first kappa shape index (κ1) is 12.8. The van der Waals surface area contributed by atoms with Gasteiger partial charge in [0.05, 0.1) is 12.7 Å². The van der Waals surface area contributed by atoms with E-state index in [1.807, 2.05) is 31.2 Å². The molecule has 86 valence electrons. The topological polar surface area (TPSA) is 26.3 Å². The molecule has 0 atom stereocenters. The SMILES string of the molecule is COC(=O)c1cccc(C=CCCCl)c1C. The number of ether oxygens (including phenoxy) is 1. The summed E-state index contributed by atoms with van der Waals surface area (Å²) in [6, 6.07) is 5.58. The van der Waals surface area contributed by atoms with Gasteiger partial charge in [0.1, 0.15) is 0 Å². The Labute approximate surface area is 101 Å². The number of hydrogen-bond acceptors (Lipinski definition) is 2. The summed E-state index contributed by atoms with van der Waals surface area (Å²) in [4.78, 5) is 11.4. The molecule has 0 N–H and O–H groups in total. The van der Waals surface area contributed by atoms with Crippen LogP contribution in [0, 0.1) is 6.92 Å². The molecule has 3 heteroatoms. The van der Waals surface area contributed by atoms with Crippen molar-refractivity contribution in [2.45, 2.75) is 13.3 Å². The molecule has 0 spiro atoms. The van der Waals surface area contributed by atoms with Crippen LogP contribution in [0.5, 0.6) is 0 Å². The number of alkyl halides is 1. The number of methoxy groups -OCH3 is 1. The Hall–Kier alpha value is -1.28. The third kappa shape index (κ3) is 3.11. The van der Waals surface area contributed by atoms with E-state index in [0.717, 1.165) is 17.5 Å². The van der Waals surface area contributed by atoms with Crippen LogP contribution >= 0.6 is 11.6 Å². The smallest absolute Gasteiger partial charge is 0.338 e. The molecule has 1 aromatic carbocycles. The van der Waals surface area contributed by atoms with Gasteiger partial charge in [0.2, 0.25) is 0 Å². The van der Waals surface area contributed by atoms with Crippen molar-refractivity contribution in [3.05, 3.63) is 41.0 Å². The summed E-state index contributed by atoms with van der Waals surface area (Å²) in [6.07, 6.45) is 4.80. The highest BCUT2D eigenvalue weighted by Gasteiger charge is 2.09. The van der Waals surface area contributed by atoms with Crippen LogP contribution in [-0.2, 0) is 4.74 Å². The highest BCUT2D eigenvalue weighted by molar-refractivity contribution is 6.17. The Morgan fingerprint density at radius 3 is 2.88 bits per heavy atom. The lowest BCUT2D eigenvalue weighted by Crippen LogP contribution is -2.04. The van der Waals surface area contributed by atoms with Gasteiger partial charge in [-0.3, -0.25) is 0 Å². The van der Waals surface area contributed by atoms with E-state index in [1.54, 1.807) is 6.07 Å². The first-order valence-electron chi connectivity index (χ1n) is 5.11. The molecule has 0 heterocycles. The molecule has 0 aliphatic rings. The molecule has 1 aromatic rings. The van der Waals surface area contributed by atoms with Crippen molar-refractivity contribution in [3.63, 3.8) is 0 Å². The lowest BCUT2D eigenvalue weighted by molar-refractivity contribution is 0.0600. The van der Waals surface area contributed by atoms with Gasteiger partial charge in [-0.15, -0.1) is 11.6 Å². The van der Waals surface area contributed by atoms with Crippen molar-refractivity contribution < 1.29 is 9.53 Å².